The van der Waals surface area contributed by atoms with Gasteiger partial charge in [0.1, 0.15) is 23.3 Å². The van der Waals surface area contributed by atoms with Gasteiger partial charge in [0.15, 0.2) is 0 Å². The zero-order valence-corrected chi connectivity index (χ0v) is 14.5. The number of nitriles is 1. The number of hydrogen-bond acceptors (Lipinski definition) is 5. The molecule has 2 heterocycles. The smallest absolute Gasteiger partial charge is 0.475 e. The lowest BCUT2D eigenvalue weighted by molar-refractivity contribution is -0.192. The van der Waals surface area contributed by atoms with Gasteiger partial charge in [0, 0.05) is 23.5 Å². The number of halogens is 4. The molecular weight excluding hydrogens is 392 g/mol. The van der Waals surface area contributed by atoms with E-state index in [1.165, 1.54) is 12.1 Å². The van der Waals surface area contributed by atoms with E-state index < -0.39 is 12.1 Å². The Morgan fingerprint density at radius 1 is 1.10 bits per heavy atom. The summed E-state index contributed by atoms with van der Waals surface area (Å²) in [6.07, 6.45) is -1.79. The molecule has 1 aromatic carbocycles. The lowest BCUT2D eigenvalue weighted by Crippen LogP contribution is -2.21. The fraction of sp³-hybridized carbons (Fsp3) is 0.0526. The van der Waals surface area contributed by atoms with Crippen LogP contribution in [-0.2, 0) is 4.79 Å². The van der Waals surface area contributed by atoms with Gasteiger partial charge in [0.25, 0.3) is 0 Å². The Kier molecular flexibility index (Phi) is 6.46. The lowest BCUT2D eigenvalue weighted by atomic mass is 9.98. The van der Waals surface area contributed by atoms with Crippen LogP contribution in [0.4, 0.5) is 23.4 Å². The van der Waals surface area contributed by atoms with Crippen LogP contribution in [0.25, 0.3) is 22.4 Å². The number of aliphatic carboxylic acids is 1. The van der Waals surface area contributed by atoms with Crippen molar-refractivity contribution in [1.29, 1.82) is 5.26 Å². The molecule has 0 spiro atoms. The Labute approximate surface area is 161 Å². The first-order valence-corrected chi connectivity index (χ1v) is 7.80. The van der Waals surface area contributed by atoms with Crippen LogP contribution in [-0.4, -0.2) is 27.2 Å². The Bertz CT molecular complexity index is 1060. The first kappa shape index (κ1) is 21.3. The summed E-state index contributed by atoms with van der Waals surface area (Å²) in [6, 6.07) is 13.4. The Morgan fingerprint density at radius 3 is 2.24 bits per heavy atom. The molecule has 3 rings (SSSR count). The molecule has 0 aliphatic heterocycles. The van der Waals surface area contributed by atoms with Crippen molar-refractivity contribution < 1.29 is 27.5 Å². The third-order valence-corrected chi connectivity index (χ3v) is 3.51. The number of benzene rings is 1. The van der Waals surface area contributed by atoms with E-state index in [9.17, 15) is 22.8 Å². The standard InChI is InChI=1S/C17H11FN4.C2HF3O2/c18-13-3-1-2-12(8-13)14-9-16(11-4-6-21-7-5-11)22-17(20)15(14)10-19;3-2(4,5)1(6)7/h1-9H,(H2,20,22);(H,6,7). The number of carbonyl (C=O) groups is 1. The molecule has 0 radical (unpaired) electrons. The van der Waals surface area contributed by atoms with E-state index in [1.807, 2.05) is 6.07 Å². The summed E-state index contributed by atoms with van der Waals surface area (Å²) in [7, 11) is 0. The van der Waals surface area contributed by atoms with Gasteiger partial charge in [-0.1, -0.05) is 12.1 Å². The molecule has 3 N–H and O–H groups in total. The van der Waals surface area contributed by atoms with Crippen LogP contribution in [0, 0.1) is 17.1 Å². The Hall–Kier alpha value is -4.00. The maximum absolute atomic E-state index is 13.5. The number of nitrogens with two attached hydrogens (primary N) is 1. The summed E-state index contributed by atoms with van der Waals surface area (Å²) in [5.74, 6) is -3.01. The number of anilines is 1. The molecule has 0 aliphatic rings. The number of aromatic nitrogens is 2. The summed E-state index contributed by atoms with van der Waals surface area (Å²) < 4.78 is 45.2. The van der Waals surface area contributed by atoms with Crippen molar-refractivity contribution in [1.82, 2.24) is 9.97 Å². The fourth-order valence-electron chi connectivity index (χ4n) is 2.24. The van der Waals surface area contributed by atoms with Crippen LogP contribution in [0.3, 0.4) is 0 Å². The van der Waals surface area contributed by atoms with E-state index >= 15 is 0 Å². The van der Waals surface area contributed by atoms with Crippen LogP contribution >= 0.6 is 0 Å². The number of carboxylic acid groups (broad SMARTS) is 1. The van der Waals surface area contributed by atoms with Crippen LogP contribution in [0.1, 0.15) is 5.56 Å². The molecule has 2 aromatic heterocycles. The lowest BCUT2D eigenvalue weighted by Gasteiger charge is -2.10. The first-order chi connectivity index (χ1) is 13.6. The average Bonchev–Trinajstić information content (AvgIpc) is 2.68. The Morgan fingerprint density at radius 2 is 1.72 bits per heavy atom. The van der Waals surface area contributed by atoms with Crippen molar-refractivity contribution in [2.75, 3.05) is 5.73 Å². The van der Waals surface area contributed by atoms with Gasteiger partial charge < -0.3 is 10.8 Å². The van der Waals surface area contributed by atoms with Gasteiger partial charge in [0.05, 0.1) is 5.69 Å². The van der Waals surface area contributed by atoms with E-state index in [2.05, 4.69) is 9.97 Å². The predicted molar refractivity (Wildman–Crippen MR) is 95.7 cm³/mol. The van der Waals surface area contributed by atoms with Gasteiger partial charge in [-0.3, -0.25) is 4.98 Å². The van der Waals surface area contributed by atoms with Crippen LogP contribution in [0.15, 0.2) is 54.9 Å². The first-order valence-electron chi connectivity index (χ1n) is 7.80. The van der Waals surface area contributed by atoms with Gasteiger partial charge in [-0.25, -0.2) is 14.2 Å². The van der Waals surface area contributed by atoms with Crippen molar-refractivity contribution in [2.45, 2.75) is 6.18 Å². The molecule has 0 atom stereocenters. The summed E-state index contributed by atoms with van der Waals surface area (Å²) in [5, 5.41) is 16.4. The molecule has 148 valence electrons. The van der Waals surface area contributed by atoms with Crippen molar-refractivity contribution >= 4 is 11.8 Å². The molecule has 0 amide bonds. The van der Waals surface area contributed by atoms with Gasteiger partial charge in [-0.05, 0) is 35.9 Å². The van der Waals surface area contributed by atoms with Gasteiger partial charge in [-0.15, -0.1) is 0 Å². The van der Waals surface area contributed by atoms with Crippen LogP contribution in [0.5, 0.6) is 0 Å². The topological polar surface area (TPSA) is 113 Å². The molecule has 10 heteroatoms. The zero-order chi connectivity index (χ0) is 21.6. The van der Waals surface area contributed by atoms with Crippen molar-refractivity contribution in [2.24, 2.45) is 0 Å². The maximum Gasteiger partial charge on any atom is 0.490 e. The maximum atomic E-state index is 13.5. The quantitative estimate of drug-likeness (QED) is 0.624. The largest absolute Gasteiger partial charge is 0.490 e. The molecular formula is C19H12F4N4O2. The molecule has 0 saturated heterocycles. The highest BCUT2D eigenvalue weighted by Gasteiger charge is 2.38. The SMILES string of the molecule is N#Cc1c(-c2cccc(F)c2)cc(-c2ccncc2)nc1N.O=C(O)C(F)(F)F. The highest BCUT2D eigenvalue weighted by molar-refractivity contribution is 5.80. The number of alkyl halides is 3. The molecule has 0 bridgehead atoms. The van der Waals surface area contributed by atoms with Crippen molar-refractivity contribution in [3.8, 4) is 28.5 Å². The minimum Gasteiger partial charge on any atom is -0.475 e. The second-order valence-electron chi connectivity index (χ2n) is 5.48. The number of rotatable bonds is 2. The predicted octanol–water partition coefficient (Wildman–Crippen LogP) is 4.04. The number of pyridine rings is 2. The Balaban J connectivity index is 0.000000370. The van der Waals surface area contributed by atoms with Crippen molar-refractivity contribution in [3.63, 3.8) is 0 Å². The molecule has 0 unspecified atom stereocenters. The molecule has 0 saturated carbocycles. The second-order valence-corrected chi connectivity index (χ2v) is 5.48. The highest BCUT2D eigenvalue weighted by atomic mass is 19.4. The van der Waals surface area contributed by atoms with Crippen LogP contribution < -0.4 is 5.73 Å². The summed E-state index contributed by atoms with van der Waals surface area (Å²) in [4.78, 5) is 17.1. The minimum absolute atomic E-state index is 0.121. The third kappa shape index (κ3) is 5.49. The zero-order valence-electron chi connectivity index (χ0n) is 14.5. The van der Waals surface area contributed by atoms with E-state index in [0.29, 0.717) is 16.8 Å². The number of nitrogen functional groups attached to an aromatic ring is 1. The van der Waals surface area contributed by atoms with Gasteiger partial charge >= 0.3 is 12.1 Å². The summed E-state index contributed by atoms with van der Waals surface area (Å²) in [5.41, 5.74) is 8.72. The third-order valence-electron chi connectivity index (χ3n) is 3.51. The number of nitrogens with zero attached hydrogens (tertiary/aromatic N) is 3. The second kappa shape index (κ2) is 8.79. The minimum atomic E-state index is -5.08. The van der Waals surface area contributed by atoms with E-state index in [-0.39, 0.29) is 17.2 Å². The average molecular weight is 404 g/mol. The van der Waals surface area contributed by atoms with Gasteiger partial charge in [0.2, 0.25) is 0 Å². The molecule has 0 aliphatic carbocycles. The van der Waals surface area contributed by atoms with Crippen LogP contribution in [0.2, 0.25) is 0 Å². The summed E-state index contributed by atoms with van der Waals surface area (Å²) >= 11 is 0. The molecule has 29 heavy (non-hydrogen) atoms. The van der Waals surface area contributed by atoms with E-state index in [4.69, 9.17) is 15.6 Å². The van der Waals surface area contributed by atoms with E-state index in [1.54, 1.807) is 42.7 Å². The molecule has 0 fully saturated rings. The van der Waals surface area contributed by atoms with E-state index in [0.717, 1.165) is 5.56 Å². The number of hydrogen-bond donors (Lipinski definition) is 2. The normalized spacial score (nSPS) is 10.4. The molecule has 3 aromatic rings. The van der Waals surface area contributed by atoms with Gasteiger partial charge in [-0.2, -0.15) is 18.4 Å². The van der Waals surface area contributed by atoms with Crippen molar-refractivity contribution in [3.05, 3.63) is 66.2 Å². The molecule has 6 nitrogen and oxygen atoms in total. The summed E-state index contributed by atoms with van der Waals surface area (Å²) in [6.45, 7) is 0. The fourth-order valence-corrected chi connectivity index (χ4v) is 2.24. The highest BCUT2D eigenvalue weighted by Crippen LogP contribution is 2.31. The monoisotopic (exact) mass is 404 g/mol. The number of carboxylic acids is 1.